The van der Waals surface area contributed by atoms with Gasteiger partial charge in [-0.25, -0.2) is 8.78 Å². The van der Waals surface area contributed by atoms with E-state index in [0.29, 0.717) is 12.1 Å². The summed E-state index contributed by atoms with van der Waals surface area (Å²) in [7, 11) is 0. The fourth-order valence-electron chi connectivity index (χ4n) is 1.18. The highest BCUT2D eigenvalue weighted by atomic mass is 19.2. The second-order valence-corrected chi connectivity index (χ2v) is 3.00. The van der Waals surface area contributed by atoms with E-state index in [1.54, 1.807) is 0 Å². The van der Waals surface area contributed by atoms with Gasteiger partial charge >= 0.3 is 0 Å². The number of carbonyl (C=O) groups is 1. The normalized spacial score (nSPS) is 10.2. The third-order valence-electron chi connectivity index (χ3n) is 1.91. The maximum absolute atomic E-state index is 12.8. The van der Waals surface area contributed by atoms with Gasteiger partial charge in [-0.05, 0) is 12.6 Å². The number of halogens is 2. The van der Waals surface area contributed by atoms with E-state index < -0.39 is 33.6 Å². The number of nitrogens with zero attached hydrogens (tertiary/aromatic N) is 1. The molecule has 16 heavy (non-hydrogen) atoms. The fourth-order valence-corrected chi connectivity index (χ4v) is 1.18. The molecule has 0 fully saturated rings. The molecule has 0 bridgehead atoms. The van der Waals surface area contributed by atoms with Gasteiger partial charge in [-0.15, -0.1) is 0 Å². The minimum Gasteiger partial charge on any atom is -0.330 e. The number of benzene rings is 1. The Hall–Kier alpha value is -1.89. The van der Waals surface area contributed by atoms with Crippen molar-refractivity contribution in [1.29, 1.82) is 0 Å². The van der Waals surface area contributed by atoms with Crippen LogP contribution in [0.3, 0.4) is 0 Å². The van der Waals surface area contributed by atoms with Crippen molar-refractivity contribution in [1.82, 2.24) is 0 Å². The highest BCUT2D eigenvalue weighted by molar-refractivity contribution is 5.99. The molecule has 0 aromatic heterocycles. The van der Waals surface area contributed by atoms with E-state index >= 15 is 0 Å². The first-order valence-corrected chi connectivity index (χ1v) is 4.34. The van der Waals surface area contributed by atoms with Crippen LogP contribution in [0.25, 0.3) is 0 Å². The van der Waals surface area contributed by atoms with Gasteiger partial charge < -0.3 is 5.73 Å². The highest BCUT2D eigenvalue weighted by Crippen LogP contribution is 2.23. The van der Waals surface area contributed by atoms with E-state index in [1.807, 2.05) is 0 Å². The number of ketones is 1. The molecule has 0 aliphatic rings. The zero-order chi connectivity index (χ0) is 12.3. The maximum atomic E-state index is 12.8. The van der Waals surface area contributed by atoms with Crippen molar-refractivity contribution >= 4 is 11.5 Å². The Bertz CT molecular complexity index is 449. The molecule has 86 valence electrons. The third-order valence-corrected chi connectivity index (χ3v) is 1.91. The van der Waals surface area contributed by atoms with Crippen LogP contribution < -0.4 is 5.73 Å². The molecule has 0 heterocycles. The number of hydrogen-bond acceptors (Lipinski definition) is 4. The molecule has 0 amide bonds. The van der Waals surface area contributed by atoms with Crippen LogP contribution in [0, 0.1) is 21.7 Å². The van der Waals surface area contributed by atoms with Crippen molar-refractivity contribution < 1.29 is 18.5 Å². The molecule has 5 nitrogen and oxygen atoms in total. The van der Waals surface area contributed by atoms with Gasteiger partial charge in [-0.1, -0.05) is 0 Å². The van der Waals surface area contributed by atoms with Crippen LogP contribution in [0.5, 0.6) is 0 Å². The van der Waals surface area contributed by atoms with Crippen molar-refractivity contribution in [3.63, 3.8) is 0 Å². The summed E-state index contributed by atoms with van der Waals surface area (Å²) < 4.78 is 25.6. The van der Waals surface area contributed by atoms with Crippen molar-refractivity contribution in [3.05, 3.63) is 39.4 Å². The predicted octanol–water partition coefficient (Wildman–Crippen LogP) is 1.40. The van der Waals surface area contributed by atoms with Gasteiger partial charge in [-0.2, -0.15) is 0 Å². The van der Waals surface area contributed by atoms with Gasteiger partial charge in [0.1, 0.15) is 0 Å². The lowest BCUT2D eigenvalue weighted by molar-refractivity contribution is -0.385. The summed E-state index contributed by atoms with van der Waals surface area (Å²) in [6.45, 7) is -0.0189. The van der Waals surface area contributed by atoms with E-state index in [-0.39, 0.29) is 13.0 Å². The first-order valence-electron chi connectivity index (χ1n) is 4.34. The number of hydrogen-bond donors (Lipinski definition) is 1. The zero-order valence-corrected chi connectivity index (χ0v) is 8.07. The molecule has 7 heteroatoms. The molecule has 0 atom stereocenters. The number of carbonyl (C=O) groups excluding carboxylic acids is 1. The molecular weight excluding hydrogens is 222 g/mol. The number of nitro groups is 1. The summed E-state index contributed by atoms with van der Waals surface area (Å²) in [5.41, 5.74) is 3.89. The number of Topliss-reactive ketones (excluding diaryl/α,β-unsaturated/α-hetero) is 1. The molecule has 0 unspecified atom stereocenters. The van der Waals surface area contributed by atoms with Crippen LogP contribution >= 0.6 is 0 Å². The fraction of sp³-hybridized carbons (Fsp3) is 0.222. The summed E-state index contributed by atoms with van der Waals surface area (Å²) in [5.74, 6) is -3.35. The molecule has 0 saturated heterocycles. The second-order valence-electron chi connectivity index (χ2n) is 3.00. The maximum Gasteiger partial charge on any atom is 0.283 e. The Kier molecular flexibility index (Phi) is 3.62. The van der Waals surface area contributed by atoms with Gasteiger partial charge in [0, 0.05) is 6.42 Å². The van der Waals surface area contributed by atoms with Crippen molar-refractivity contribution in [2.24, 2.45) is 5.73 Å². The van der Waals surface area contributed by atoms with Crippen LogP contribution in [0.1, 0.15) is 16.8 Å². The smallest absolute Gasteiger partial charge is 0.283 e. The zero-order valence-electron chi connectivity index (χ0n) is 8.07. The lowest BCUT2D eigenvalue weighted by Gasteiger charge is -2.02. The average molecular weight is 230 g/mol. The minimum atomic E-state index is -1.36. The van der Waals surface area contributed by atoms with E-state index in [2.05, 4.69) is 0 Å². The molecule has 1 aromatic carbocycles. The third kappa shape index (κ3) is 2.37. The van der Waals surface area contributed by atoms with Gasteiger partial charge in [0.15, 0.2) is 17.4 Å². The Labute approximate surface area is 89.0 Å². The van der Waals surface area contributed by atoms with Gasteiger partial charge in [0.25, 0.3) is 5.69 Å². The Morgan fingerprint density at radius 1 is 1.38 bits per heavy atom. The van der Waals surface area contributed by atoms with Gasteiger partial charge in [-0.3, -0.25) is 14.9 Å². The minimum absolute atomic E-state index is 0.0189. The quantitative estimate of drug-likeness (QED) is 0.481. The van der Waals surface area contributed by atoms with Crippen molar-refractivity contribution in [2.45, 2.75) is 6.42 Å². The molecule has 0 saturated carbocycles. The molecule has 0 aliphatic heterocycles. The monoisotopic (exact) mass is 230 g/mol. The van der Waals surface area contributed by atoms with Crippen LogP contribution in [-0.2, 0) is 0 Å². The molecule has 0 radical (unpaired) electrons. The summed E-state index contributed by atoms with van der Waals surface area (Å²) in [5, 5.41) is 10.5. The first kappa shape index (κ1) is 12.2. The summed E-state index contributed by atoms with van der Waals surface area (Å²) in [4.78, 5) is 20.9. The largest absolute Gasteiger partial charge is 0.330 e. The lowest BCUT2D eigenvalue weighted by Crippen LogP contribution is -2.11. The molecular formula is C9H8F2N2O3. The average Bonchev–Trinajstić information content (AvgIpc) is 2.21. The number of nitrogens with two attached hydrogens (primary N) is 1. The van der Waals surface area contributed by atoms with E-state index in [0.717, 1.165) is 0 Å². The first-order chi connectivity index (χ1) is 7.47. The van der Waals surface area contributed by atoms with Gasteiger partial charge in [0.2, 0.25) is 0 Å². The summed E-state index contributed by atoms with van der Waals surface area (Å²) in [6, 6.07) is 0.907. The van der Waals surface area contributed by atoms with E-state index in [4.69, 9.17) is 5.73 Å². The molecule has 0 aliphatic carbocycles. The van der Waals surface area contributed by atoms with Crippen LogP contribution in [0.15, 0.2) is 12.1 Å². The van der Waals surface area contributed by atoms with Crippen molar-refractivity contribution in [3.8, 4) is 0 Å². The Morgan fingerprint density at radius 2 is 1.94 bits per heavy atom. The number of rotatable bonds is 4. The summed E-state index contributed by atoms with van der Waals surface area (Å²) in [6.07, 6.45) is -0.161. The van der Waals surface area contributed by atoms with E-state index in [1.165, 1.54) is 0 Å². The molecule has 0 spiro atoms. The molecule has 2 N–H and O–H groups in total. The standard InChI is InChI=1S/C9H8F2N2O3/c10-6-3-5(9(14)1-2-12)8(13(15)16)4-7(6)11/h3-4H,1-2,12H2. The van der Waals surface area contributed by atoms with Gasteiger partial charge in [0.05, 0.1) is 16.6 Å². The second kappa shape index (κ2) is 4.75. The Morgan fingerprint density at radius 3 is 2.44 bits per heavy atom. The number of nitro benzene ring substituents is 1. The Balaban J connectivity index is 3.30. The molecule has 1 aromatic rings. The highest BCUT2D eigenvalue weighted by Gasteiger charge is 2.23. The lowest BCUT2D eigenvalue weighted by atomic mass is 10.1. The van der Waals surface area contributed by atoms with Crippen LogP contribution in [-0.4, -0.2) is 17.3 Å². The van der Waals surface area contributed by atoms with Crippen molar-refractivity contribution in [2.75, 3.05) is 6.54 Å². The van der Waals surface area contributed by atoms with Crippen LogP contribution in [0.2, 0.25) is 0 Å². The topological polar surface area (TPSA) is 86.2 Å². The SMILES string of the molecule is NCCC(=O)c1cc(F)c(F)cc1[N+](=O)[O-]. The van der Waals surface area contributed by atoms with Crippen LogP contribution in [0.4, 0.5) is 14.5 Å². The predicted molar refractivity (Wildman–Crippen MR) is 51.0 cm³/mol. The van der Waals surface area contributed by atoms with E-state index in [9.17, 15) is 23.7 Å². The molecule has 1 rings (SSSR count). The summed E-state index contributed by atoms with van der Waals surface area (Å²) >= 11 is 0.